The van der Waals surface area contributed by atoms with Crippen LogP contribution in [0.2, 0.25) is 0 Å². The minimum atomic E-state index is 0.773. The van der Waals surface area contributed by atoms with Crippen molar-refractivity contribution in [1.29, 1.82) is 0 Å². The predicted octanol–water partition coefficient (Wildman–Crippen LogP) is 3.31. The standard InChI is InChI=1S/C13H29NO/c1-5-8-13(9-6-2)14(10-7-3)11-12-15-4/h13H,5-12H2,1-4H3. The maximum Gasteiger partial charge on any atom is 0.0589 e. The lowest BCUT2D eigenvalue weighted by molar-refractivity contribution is 0.111. The van der Waals surface area contributed by atoms with E-state index in [1.165, 1.54) is 38.6 Å². The van der Waals surface area contributed by atoms with E-state index < -0.39 is 0 Å². The van der Waals surface area contributed by atoms with Crippen molar-refractivity contribution in [2.45, 2.75) is 58.9 Å². The molecule has 0 aliphatic heterocycles. The van der Waals surface area contributed by atoms with E-state index in [0.717, 1.165) is 19.2 Å². The fourth-order valence-electron chi connectivity index (χ4n) is 2.15. The molecule has 0 aromatic heterocycles. The highest BCUT2D eigenvalue weighted by Crippen LogP contribution is 2.13. The van der Waals surface area contributed by atoms with Gasteiger partial charge in [-0.15, -0.1) is 0 Å². The molecule has 0 aromatic rings. The minimum Gasteiger partial charge on any atom is -0.383 e. The lowest BCUT2D eigenvalue weighted by Gasteiger charge is -2.31. The summed E-state index contributed by atoms with van der Waals surface area (Å²) >= 11 is 0. The van der Waals surface area contributed by atoms with Crippen molar-refractivity contribution in [3.8, 4) is 0 Å². The first-order valence-corrected chi connectivity index (χ1v) is 6.53. The van der Waals surface area contributed by atoms with Gasteiger partial charge in [0.05, 0.1) is 6.61 Å². The number of methoxy groups -OCH3 is 1. The van der Waals surface area contributed by atoms with Crippen LogP contribution in [-0.4, -0.2) is 37.7 Å². The Morgan fingerprint density at radius 1 is 0.933 bits per heavy atom. The largest absolute Gasteiger partial charge is 0.383 e. The summed E-state index contributed by atoms with van der Waals surface area (Å²) in [7, 11) is 1.79. The molecule has 0 saturated heterocycles. The zero-order chi connectivity index (χ0) is 11.5. The molecule has 0 aliphatic carbocycles. The van der Waals surface area contributed by atoms with Crippen LogP contribution in [-0.2, 0) is 4.74 Å². The Labute approximate surface area is 96.0 Å². The second-order valence-corrected chi connectivity index (χ2v) is 4.26. The summed E-state index contributed by atoms with van der Waals surface area (Å²) < 4.78 is 5.18. The lowest BCUT2D eigenvalue weighted by atomic mass is 10.0. The van der Waals surface area contributed by atoms with Gasteiger partial charge in [0.15, 0.2) is 0 Å². The molecule has 0 unspecified atom stereocenters. The number of rotatable bonds is 10. The van der Waals surface area contributed by atoms with Crippen molar-refractivity contribution >= 4 is 0 Å². The van der Waals surface area contributed by atoms with Gasteiger partial charge in [0.1, 0.15) is 0 Å². The molecule has 2 heteroatoms. The topological polar surface area (TPSA) is 12.5 Å². The maximum absolute atomic E-state index is 5.18. The molecule has 0 bridgehead atoms. The maximum atomic E-state index is 5.18. The number of ether oxygens (including phenoxy) is 1. The molecule has 15 heavy (non-hydrogen) atoms. The molecule has 0 aliphatic rings. The summed E-state index contributed by atoms with van der Waals surface area (Å²) in [6.45, 7) is 9.99. The number of hydrogen-bond donors (Lipinski definition) is 0. The van der Waals surface area contributed by atoms with E-state index in [-0.39, 0.29) is 0 Å². The minimum absolute atomic E-state index is 0.773. The molecule has 0 saturated carbocycles. The molecule has 0 atom stereocenters. The number of nitrogens with zero attached hydrogens (tertiary/aromatic N) is 1. The van der Waals surface area contributed by atoms with Crippen molar-refractivity contribution in [3.63, 3.8) is 0 Å². The molecule has 0 rings (SSSR count). The van der Waals surface area contributed by atoms with Gasteiger partial charge in [-0.1, -0.05) is 33.6 Å². The van der Waals surface area contributed by atoms with Gasteiger partial charge in [0.2, 0.25) is 0 Å². The monoisotopic (exact) mass is 215 g/mol. The Bertz CT molecular complexity index is 122. The van der Waals surface area contributed by atoms with Crippen LogP contribution in [0.5, 0.6) is 0 Å². The molecule has 0 heterocycles. The third kappa shape index (κ3) is 6.91. The molecule has 0 radical (unpaired) electrons. The average Bonchev–Trinajstić information content (AvgIpc) is 2.24. The van der Waals surface area contributed by atoms with Crippen LogP contribution in [0.1, 0.15) is 52.9 Å². The summed E-state index contributed by atoms with van der Waals surface area (Å²) in [6.07, 6.45) is 6.48. The molecular weight excluding hydrogens is 186 g/mol. The quantitative estimate of drug-likeness (QED) is 0.554. The first-order chi connectivity index (χ1) is 7.29. The van der Waals surface area contributed by atoms with Crippen molar-refractivity contribution in [2.24, 2.45) is 0 Å². The van der Waals surface area contributed by atoms with Crippen molar-refractivity contribution in [2.75, 3.05) is 26.8 Å². The first-order valence-electron chi connectivity index (χ1n) is 6.53. The Hall–Kier alpha value is -0.0800. The second kappa shape index (κ2) is 10.4. The van der Waals surface area contributed by atoms with Crippen LogP contribution in [0, 0.1) is 0 Å². The van der Waals surface area contributed by atoms with Crippen LogP contribution in [0.3, 0.4) is 0 Å². The highest BCUT2D eigenvalue weighted by Gasteiger charge is 2.15. The summed E-state index contributed by atoms with van der Waals surface area (Å²) in [5.74, 6) is 0. The smallest absolute Gasteiger partial charge is 0.0589 e. The Kier molecular flexibility index (Phi) is 10.4. The highest BCUT2D eigenvalue weighted by molar-refractivity contribution is 4.70. The predicted molar refractivity (Wildman–Crippen MR) is 67.3 cm³/mol. The lowest BCUT2D eigenvalue weighted by Crippen LogP contribution is -2.38. The van der Waals surface area contributed by atoms with Crippen LogP contribution in [0.25, 0.3) is 0 Å². The molecule has 0 amide bonds. The van der Waals surface area contributed by atoms with Crippen LogP contribution >= 0.6 is 0 Å². The van der Waals surface area contributed by atoms with Crippen molar-refractivity contribution < 1.29 is 4.74 Å². The van der Waals surface area contributed by atoms with E-state index in [2.05, 4.69) is 25.7 Å². The van der Waals surface area contributed by atoms with E-state index in [9.17, 15) is 0 Å². The summed E-state index contributed by atoms with van der Waals surface area (Å²) in [5, 5.41) is 0. The Balaban J connectivity index is 4.09. The molecule has 0 N–H and O–H groups in total. The zero-order valence-electron chi connectivity index (χ0n) is 11.1. The van der Waals surface area contributed by atoms with Gasteiger partial charge < -0.3 is 4.74 Å². The molecule has 92 valence electrons. The third-order valence-corrected chi connectivity index (χ3v) is 2.85. The molecule has 0 aromatic carbocycles. The van der Waals surface area contributed by atoms with Gasteiger partial charge >= 0.3 is 0 Å². The average molecular weight is 215 g/mol. The molecule has 2 nitrogen and oxygen atoms in total. The van der Waals surface area contributed by atoms with Crippen LogP contribution < -0.4 is 0 Å². The van der Waals surface area contributed by atoms with Gasteiger partial charge in [-0.05, 0) is 25.8 Å². The summed E-state index contributed by atoms with van der Waals surface area (Å²) in [6, 6.07) is 0.773. The Morgan fingerprint density at radius 3 is 1.93 bits per heavy atom. The SMILES string of the molecule is CCCC(CCC)N(CCC)CCOC. The van der Waals surface area contributed by atoms with E-state index in [4.69, 9.17) is 4.74 Å². The fraction of sp³-hybridized carbons (Fsp3) is 1.00. The third-order valence-electron chi connectivity index (χ3n) is 2.85. The molecular formula is C13H29NO. The van der Waals surface area contributed by atoms with Gasteiger partial charge in [-0.25, -0.2) is 0 Å². The van der Waals surface area contributed by atoms with Gasteiger partial charge in [-0.3, -0.25) is 4.90 Å². The summed E-state index contributed by atoms with van der Waals surface area (Å²) in [5.41, 5.74) is 0. The number of hydrogen-bond acceptors (Lipinski definition) is 2. The van der Waals surface area contributed by atoms with E-state index in [1.807, 2.05) is 0 Å². The van der Waals surface area contributed by atoms with E-state index in [0.29, 0.717) is 0 Å². The van der Waals surface area contributed by atoms with Gasteiger partial charge in [0.25, 0.3) is 0 Å². The van der Waals surface area contributed by atoms with E-state index in [1.54, 1.807) is 7.11 Å². The molecule has 0 spiro atoms. The highest BCUT2D eigenvalue weighted by atomic mass is 16.5. The second-order valence-electron chi connectivity index (χ2n) is 4.26. The van der Waals surface area contributed by atoms with E-state index >= 15 is 0 Å². The van der Waals surface area contributed by atoms with Crippen LogP contribution in [0.4, 0.5) is 0 Å². The summed E-state index contributed by atoms with van der Waals surface area (Å²) in [4.78, 5) is 2.61. The van der Waals surface area contributed by atoms with Crippen molar-refractivity contribution in [3.05, 3.63) is 0 Å². The first kappa shape index (κ1) is 14.9. The normalized spacial score (nSPS) is 11.6. The van der Waals surface area contributed by atoms with Crippen LogP contribution in [0.15, 0.2) is 0 Å². The zero-order valence-corrected chi connectivity index (χ0v) is 11.1. The molecule has 0 fully saturated rings. The fourth-order valence-corrected chi connectivity index (χ4v) is 2.15. The van der Waals surface area contributed by atoms with Crippen molar-refractivity contribution in [1.82, 2.24) is 4.90 Å². The Morgan fingerprint density at radius 2 is 1.53 bits per heavy atom. The van der Waals surface area contributed by atoms with Gasteiger partial charge in [0, 0.05) is 19.7 Å². The van der Waals surface area contributed by atoms with Gasteiger partial charge in [-0.2, -0.15) is 0 Å².